The first-order valence-electron chi connectivity index (χ1n) is 14.8. The highest BCUT2D eigenvalue weighted by molar-refractivity contribution is 7.99. The predicted octanol–water partition coefficient (Wildman–Crippen LogP) is 0.371. The zero-order valence-corrected chi connectivity index (χ0v) is 27.8. The van der Waals surface area contributed by atoms with Crippen LogP contribution in [0.5, 0.6) is 0 Å². The molecular weight excluding hydrogens is 603 g/mol. The molecule has 17 nitrogen and oxygen atoms in total. The third kappa shape index (κ3) is 14.4. The smallest absolute Gasteiger partial charge is 0.228 e. The van der Waals surface area contributed by atoms with Gasteiger partial charge in [-0.3, -0.25) is 15.3 Å². The number of nitrogens with two attached hydrogens (primary N) is 4. The van der Waals surface area contributed by atoms with Gasteiger partial charge in [-0.15, -0.1) is 0 Å². The highest BCUT2D eigenvalue weighted by Gasteiger charge is 2.18. The van der Waals surface area contributed by atoms with E-state index in [1.165, 1.54) is 23.5 Å². The second-order valence-corrected chi connectivity index (χ2v) is 11.8. The summed E-state index contributed by atoms with van der Waals surface area (Å²) in [6.45, 7) is 11.7. The minimum Gasteiger partial charge on any atom is -0.370 e. The van der Waals surface area contributed by atoms with E-state index >= 15 is 0 Å². The molecule has 0 aromatic carbocycles. The summed E-state index contributed by atoms with van der Waals surface area (Å²) in [5.41, 5.74) is 23.1. The van der Waals surface area contributed by atoms with E-state index in [1.54, 1.807) is 0 Å². The molecule has 19 heteroatoms. The number of hydrogen-bond acceptors (Lipinski definition) is 16. The molecule has 0 radical (unpaired) electrons. The molecule has 2 unspecified atom stereocenters. The summed E-state index contributed by atoms with van der Waals surface area (Å²) >= 11 is 3.06. The van der Waals surface area contributed by atoms with Crippen molar-refractivity contribution in [3.05, 3.63) is 0 Å². The van der Waals surface area contributed by atoms with Crippen LogP contribution >= 0.6 is 23.5 Å². The number of aliphatic imine (C=N–C) groups is 2. The largest absolute Gasteiger partial charge is 0.370 e. The van der Waals surface area contributed by atoms with E-state index < -0.39 is 0 Å². The normalized spacial score (nSPS) is 13.3. The number of nitrogen functional groups attached to an aromatic ring is 1. The highest BCUT2D eigenvalue weighted by atomic mass is 32.2. The topological polar surface area (TPSA) is 266 Å². The van der Waals surface area contributed by atoms with E-state index in [2.05, 4.69) is 75.3 Å². The third-order valence-electron chi connectivity index (χ3n) is 5.94. The Labute approximate surface area is 268 Å². The molecule has 0 amide bonds. The van der Waals surface area contributed by atoms with Crippen LogP contribution in [-0.4, -0.2) is 105 Å². The lowest BCUT2D eigenvalue weighted by Crippen LogP contribution is -2.50. The molecule has 13 N–H and O–H groups in total. The highest BCUT2D eigenvalue weighted by Crippen LogP contribution is 2.17. The molecule has 0 aliphatic rings. The first-order valence-corrected chi connectivity index (χ1v) is 16.8. The van der Waals surface area contributed by atoms with Crippen LogP contribution in [0, 0.1) is 5.92 Å². The summed E-state index contributed by atoms with van der Waals surface area (Å²) in [5, 5.41) is 17.4. The maximum absolute atomic E-state index is 6.09. The van der Waals surface area contributed by atoms with Gasteiger partial charge in [0.25, 0.3) is 0 Å². The van der Waals surface area contributed by atoms with Crippen LogP contribution < -0.4 is 49.5 Å². The van der Waals surface area contributed by atoms with Crippen molar-refractivity contribution in [1.82, 2.24) is 40.5 Å². The van der Waals surface area contributed by atoms with Gasteiger partial charge in [0.1, 0.15) is 0 Å². The Balaban J connectivity index is 2.03. The molecule has 0 spiro atoms. The number of thioether (sulfide) groups is 2. The average Bonchev–Trinajstić information content (AvgIpc) is 2.99. The lowest BCUT2D eigenvalue weighted by atomic mass is 9.94. The fourth-order valence-corrected chi connectivity index (χ4v) is 4.98. The quantitative estimate of drug-likeness (QED) is 0.0405. The number of hydrogen-bond donors (Lipinski definition) is 9. The molecule has 2 aromatic rings. The van der Waals surface area contributed by atoms with Gasteiger partial charge < -0.3 is 44.2 Å². The number of rotatable bonds is 20. The van der Waals surface area contributed by atoms with Crippen molar-refractivity contribution < 1.29 is 0 Å². The van der Waals surface area contributed by atoms with Crippen LogP contribution in [0.15, 0.2) is 20.3 Å². The number of nitrogens with zero attached hydrogens (tertiary/aromatic N) is 8. The minimum absolute atomic E-state index is 0.0614. The summed E-state index contributed by atoms with van der Waals surface area (Å²) < 4.78 is 0. The SMILES string of the molecule is CCSc1nc(N)nc(NCCC(CC)C(C)NC(=NCCNc2nc(NCCN)nc(SCC)n2)NC(N)=NCCN)n1. The maximum Gasteiger partial charge on any atom is 0.228 e. The molecule has 0 fully saturated rings. The zero-order valence-electron chi connectivity index (χ0n) is 26.1. The first-order chi connectivity index (χ1) is 21.3. The van der Waals surface area contributed by atoms with Crippen molar-refractivity contribution in [2.45, 2.75) is 56.9 Å². The Morgan fingerprint density at radius 3 is 2.00 bits per heavy atom. The van der Waals surface area contributed by atoms with Crippen LogP contribution in [0.2, 0.25) is 0 Å². The molecule has 2 aromatic heterocycles. The van der Waals surface area contributed by atoms with Gasteiger partial charge >= 0.3 is 0 Å². The summed E-state index contributed by atoms with van der Waals surface area (Å²) in [6.07, 6.45) is 1.80. The number of nitrogens with one attached hydrogen (secondary N) is 5. The lowest BCUT2D eigenvalue weighted by Gasteiger charge is -2.26. The van der Waals surface area contributed by atoms with Gasteiger partial charge in [0.2, 0.25) is 23.8 Å². The molecule has 0 aliphatic carbocycles. The van der Waals surface area contributed by atoms with Gasteiger partial charge in [0.15, 0.2) is 22.2 Å². The molecule has 0 bridgehead atoms. The molecule has 2 rings (SSSR count). The predicted molar refractivity (Wildman–Crippen MR) is 183 cm³/mol. The Bertz CT molecular complexity index is 1170. The molecule has 0 saturated carbocycles. The molecular formula is C25H49N17S2. The summed E-state index contributed by atoms with van der Waals surface area (Å²) in [6, 6.07) is 0.0614. The van der Waals surface area contributed by atoms with Crippen molar-refractivity contribution in [2.75, 3.05) is 79.0 Å². The zero-order chi connectivity index (χ0) is 32.2. The van der Waals surface area contributed by atoms with E-state index in [1.807, 2.05) is 13.8 Å². The van der Waals surface area contributed by atoms with E-state index in [-0.39, 0.29) is 17.9 Å². The van der Waals surface area contributed by atoms with Crippen LogP contribution in [0.1, 0.15) is 40.5 Å². The molecule has 0 saturated heterocycles. The second kappa shape index (κ2) is 21.3. The summed E-state index contributed by atoms with van der Waals surface area (Å²) in [7, 11) is 0. The first kappa shape index (κ1) is 36.8. The maximum atomic E-state index is 6.09. The van der Waals surface area contributed by atoms with E-state index in [0.29, 0.717) is 85.8 Å². The van der Waals surface area contributed by atoms with Gasteiger partial charge in [-0.25, -0.2) is 0 Å². The van der Waals surface area contributed by atoms with Gasteiger partial charge in [-0.1, -0.05) is 50.7 Å². The van der Waals surface area contributed by atoms with Crippen LogP contribution in [0.25, 0.3) is 0 Å². The van der Waals surface area contributed by atoms with Crippen molar-refractivity contribution in [2.24, 2.45) is 33.1 Å². The summed E-state index contributed by atoms with van der Waals surface area (Å²) in [5.74, 6) is 4.37. The van der Waals surface area contributed by atoms with Gasteiger partial charge in [-0.2, -0.15) is 29.9 Å². The number of anilines is 4. The molecule has 0 aliphatic heterocycles. The number of guanidine groups is 2. The van der Waals surface area contributed by atoms with Gasteiger partial charge in [0.05, 0.1) is 13.1 Å². The van der Waals surface area contributed by atoms with Crippen LogP contribution in [0.3, 0.4) is 0 Å². The molecule has 2 heterocycles. The van der Waals surface area contributed by atoms with Crippen molar-refractivity contribution in [1.29, 1.82) is 0 Å². The Hall–Kier alpha value is -3.42. The Kier molecular flexibility index (Phi) is 17.8. The molecule has 2 atom stereocenters. The second-order valence-electron chi connectivity index (χ2n) is 9.30. The Morgan fingerprint density at radius 1 is 0.773 bits per heavy atom. The fraction of sp³-hybridized carbons (Fsp3) is 0.680. The summed E-state index contributed by atoms with van der Waals surface area (Å²) in [4.78, 5) is 35.1. The standard InChI is InChI=1S/C25H49N17S2/c1-5-17(8-11-31-21-37-19(29)38-24(40-21)43-6-2)16(4)35-20(36-18(28)30-12-9-26)33-14-15-34-23-39-22(32-13-10-27)41-25(42-23)44-7-3/h16-17H,5-15,26-27H2,1-4H3,(H4,28,30,33,35,36)(H3,29,31,37,38,40)(H2,32,34,39,41,42). The lowest BCUT2D eigenvalue weighted by molar-refractivity contribution is 0.383. The van der Waals surface area contributed by atoms with Gasteiger partial charge in [0, 0.05) is 38.8 Å². The average molecular weight is 652 g/mol. The minimum atomic E-state index is 0.0614. The molecule has 44 heavy (non-hydrogen) atoms. The van der Waals surface area contributed by atoms with Crippen molar-refractivity contribution in [3.8, 4) is 0 Å². The fourth-order valence-electron chi connectivity index (χ4n) is 3.85. The molecule has 246 valence electrons. The monoisotopic (exact) mass is 651 g/mol. The van der Waals surface area contributed by atoms with E-state index in [9.17, 15) is 0 Å². The Morgan fingerprint density at radius 2 is 1.39 bits per heavy atom. The number of aromatic nitrogens is 6. The van der Waals surface area contributed by atoms with E-state index in [4.69, 9.17) is 27.9 Å². The van der Waals surface area contributed by atoms with Crippen molar-refractivity contribution >= 4 is 59.2 Å². The van der Waals surface area contributed by atoms with Crippen molar-refractivity contribution in [3.63, 3.8) is 0 Å². The van der Waals surface area contributed by atoms with Gasteiger partial charge in [-0.05, 0) is 30.8 Å². The van der Waals surface area contributed by atoms with Crippen LogP contribution in [0.4, 0.5) is 23.8 Å². The third-order valence-corrected chi connectivity index (χ3v) is 7.40. The van der Waals surface area contributed by atoms with Crippen LogP contribution in [-0.2, 0) is 0 Å². The van der Waals surface area contributed by atoms with E-state index in [0.717, 1.165) is 24.3 Å².